The second kappa shape index (κ2) is 6.41. The molecule has 0 aliphatic heterocycles. The van der Waals surface area contributed by atoms with Crippen molar-refractivity contribution in [3.63, 3.8) is 0 Å². The number of carboxylic acid groups (broad SMARTS) is 1. The van der Waals surface area contributed by atoms with Gasteiger partial charge in [0.2, 0.25) is 5.91 Å². The number of amides is 3. The van der Waals surface area contributed by atoms with Crippen molar-refractivity contribution < 1.29 is 19.5 Å². The summed E-state index contributed by atoms with van der Waals surface area (Å²) in [4.78, 5) is 32.1. The van der Waals surface area contributed by atoms with Crippen LogP contribution in [0.4, 0.5) is 4.79 Å². The van der Waals surface area contributed by atoms with Gasteiger partial charge in [-0.3, -0.25) is 4.79 Å². The fraction of sp³-hybridized carbons (Fsp3) is 0.375. The van der Waals surface area contributed by atoms with Gasteiger partial charge in [-0.25, -0.2) is 9.59 Å². The molecule has 0 spiro atoms. The predicted octanol–water partition coefficient (Wildman–Crippen LogP) is -1.20. The van der Waals surface area contributed by atoms with E-state index in [1.165, 1.54) is 6.08 Å². The highest BCUT2D eigenvalue weighted by molar-refractivity contribution is 5.87. The summed E-state index contributed by atoms with van der Waals surface area (Å²) in [6.07, 6.45) is 0.986. The number of hydrogen-bond acceptors (Lipinski definition) is 3. The summed E-state index contributed by atoms with van der Waals surface area (Å²) in [5.41, 5.74) is 4.82. The van der Waals surface area contributed by atoms with Crippen molar-refractivity contribution in [3.8, 4) is 0 Å². The van der Waals surface area contributed by atoms with E-state index in [0.717, 1.165) is 0 Å². The van der Waals surface area contributed by atoms with Gasteiger partial charge in [0, 0.05) is 6.54 Å². The Morgan fingerprint density at radius 3 is 2.47 bits per heavy atom. The standard InChI is InChI=1S/C8H13N3O4/c1-2-3-10-8(15)11-5(7(13)14)4-6(9)12/h2,5H,1,3-4H2,(H2,9,12)(H,13,14)(H2,10,11,15). The monoisotopic (exact) mass is 215 g/mol. The summed E-state index contributed by atoms with van der Waals surface area (Å²) in [6, 6.07) is -2.00. The van der Waals surface area contributed by atoms with Gasteiger partial charge in [0.05, 0.1) is 6.42 Å². The molecule has 0 saturated carbocycles. The topological polar surface area (TPSA) is 122 Å². The van der Waals surface area contributed by atoms with Crippen LogP contribution in [0.1, 0.15) is 6.42 Å². The smallest absolute Gasteiger partial charge is 0.326 e. The molecule has 7 nitrogen and oxygen atoms in total. The lowest BCUT2D eigenvalue weighted by Gasteiger charge is -2.12. The minimum atomic E-state index is -1.32. The third-order valence-electron chi connectivity index (χ3n) is 1.42. The SMILES string of the molecule is C=CCNC(=O)NC(CC(N)=O)C(=O)O. The summed E-state index contributed by atoms with van der Waals surface area (Å²) in [6.45, 7) is 3.57. The average molecular weight is 215 g/mol. The molecule has 84 valence electrons. The van der Waals surface area contributed by atoms with Crippen LogP contribution in [0, 0.1) is 0 Å². The quantitative estimate of drug-likeness (QED) is 0.416. The van der Waals surface area contributed by atoms with Crippen LogP contribution in [0.5, 0.6) is 0 Å². The van der Waals surface area contributed by atoms with Crippen molar-refractivity contribution in [1.29, 1.82) is 0 Å². The molecule has 1 unspecified atom stereocenters. The van der Waals surface area contributed by atoms with E-state index in [9.17, 15) is 14.4 Å². The number of carboxylic acids is 1. The molecular weight excluding hydrogens is 202 g/mol. The van der Waals surface area contributed by atoms with Crippen LogP contribution in [0.2, 0.25) is 0 Å². The first-order chi connectivity index (χ1) is 6.97. The van der Waals surface area contributed by atoms with Crippen LogP contribution in [-0.2, 0) is 9.59 Å². The lowest BCUT2D eigenvalue weighted by atomic mass is 10.2. The summed E-state index contributed by atoms with van der Waals surface area (Å²) >= 11 is 0. The molecule has 0 aromatic rings. The van der Waals surface area contributed by atoms with Crippen LogP contribution in [0.25, 0.3) is 0 Å². The van der Waals surface area contributed by atoms with E-state index in [-0.39, 0.29) is 6.54 Å². The highest BCUT2D eigenvalue weighted by Crippen LogP contribution is 1.91. The number of rotatable bonds is 6. The van der Waals surface area contributed by atoms with Crippen LogP contribution < -0.4 is 16.4 Å². The molecule has 15 heavy (non-hydrogen) atoms. The molecule has 0 radical (unpaired) electrons. The number of nitrogens with two attached hydrogens (primary N) is 1. The summed E-state index contributed by atoms with van der Waals surface area (Å²) in [5.74, 6) is -2.12. The highest BCUT2D eigenvalue weighted by atomic mass is 16.4. The first-order valence-corrected chi connectivity index (χ1v) is 4.13. The number of primary amides is 1. The Morgan fingerprint density at radius 1 is 1.47 bits per heavy atom. The maximum absolute atomic E-state index is 11.0. The van der Waals surface area contributed by atoms with Gasteiger partial charge in [-0.15, -0.1) is 6.58 Å². The van der Waals surface area contributed by atoms with E-state index in [1.54, 1.807) is 0 Å². The zero-order valence-corrected chi connectivity index (χ0v) is 8.03. The summed E-state index contributed by atoms with van der Waals surface area (Å²) in [5, 5.41) is 13.0. The second-order valence-corrected chi connectivity index (χ2v) is 2.70. The minimum absolute atomic E-state index is 0.203. The first-order valence-electron chi connectivity index (χ1n) is 4.13. The lowest BCUT2D eigenvalue weighted by molar-refractivity contribution is -0.140. The third-order valence-corrected chi connectivity index (χ3v) is 1.42. The maximum atomic E-state index is 11.0. The normalized spacial score (nSPS) is 11.2. The Bertz CT molecular complexity index is 277. The van der Waals surface area contributed by atoms with Crippen molar-refractivity contribution in [2.24, 2.45) is 5.73 Å². The van der Waals surface area contributed by atoms with Gasteiger partial charge in [0.1, 0.15) is 6.04 Å². The molecule has 1 atom stereocenters. The Morgan fingerprint density at radius 2 is 2.07 bits per heavy atom. The predicted molar refractivity (Wildman–Crippen MR) is 52.0 cm³/mol. The Labute approximate surface area is 86.3 Å². The van der Waals surface area contributed by atoms with Crippen molar-refractivity contribution in [2.75, 3.05) is 6.54 Å². The average Bonchev–Trinajstić information content (AvgIpc) is 2.12. The Hall–Kier alpha value is -2.05. The van der Waals surface area contributed by atoms with Crippen molar-refractivity contribution >= 4 is 17.9 Å². The molecule has 0 aliphatic carbocycles. The molecule has 3 amide bonds. The maximum Gasteiger partial charge on any atom is 0.326 e. The van der Waals surface area contributed by atoms with E-state index in [2.05, 4.69) is 17.2 Å². The fourth-order valence-electron chi connectivity index (χ4n) is 0.775. The second-order valence-electron chi connectivity index (χ2n) is 2.70. The fourth-order valence-corrected chi connectivity index (χ4v) is 0.775. The van der Waals surface area contributed by atoms with Crippen molar-refractivity contribution in [1.82, 2.24) is 10.6 Å². The van der Waals surface area contributed by atoms with E-state index in [1.807, 2.05) is 0 Å². The highest BCUT2D eigenvalue weighted by Gasteiger charge is 2.21. The molecule has 0 bridgehead atoms. The molecule has 0 aromatic heterocycles. The van der Waals surface area contributed by atoms with Gasteiger partial charge >= 0.3 is 12.0 Å². The Kier molecular flexibility index (Phi) is 5.53. The van der Waals surface area contributed by atoms with Gasteiger partial charge in [0.15, 0.2) is 0 Å². The number of carbonyl (C=O) groups excluding carboxylic acids is 2. The molecule has 0 fully saturated rings. The van der Waals surface area contributed by atoms with Gasteiger partial charge in [-0.1, -0.05) is 6.08 Å². The van der Waals surface area contributed by atoms with Gasteiger partial charge in [-0.05, 0) is 0 Å². The number of nitrogens with one attached hydrogen (secondary N) is 2. The zero-order valence-electron chi connectivity index (χ0n) is 8.03. The van der Waals surface area contributed by atoms with E-state index < -0.39 is 30.4 Å². The van der Waals surface area contributed by atoms with E-state index >= 15 is 0 Å². The van der Waals surface area contributed by atoms with Crippen molar-refractivity contribution in [2.45, 2.75) is 12.5 Å². The molecule has 0 rings (SSSR count). The van der Waals surface area contributed by atoms with Gasteiger partial charge in [-0.2, -0.15) is 0 Å². The number of hydrogen-bond donors (Lipinski definition) is 4. The number of urea groups is 1. The molecule has 0 aliphatic rings. The van der Waals surface area contributed by atoms with Crippen LogP contribution in [0.15, 0.2) is 12.7 Å². The molecule has 0 heterocycles. The lowest BCUT2D eigenvalue weighted by Crippen LogP contribution is -2.47. The zero-order chi connectivity index (χ0) is 11.8. The largest absolute Gasteiger partial charge is 0.480 e. The van der Waals surface area contributed by atoms with Crippen LogP contribution >= 0.6 is 0 Å². The number of carbonyl (C=O) groups is 3. The molecule has 0 saturated heterocycles. The van der Waals surface area contributed by atoms with Gasteiger partial charge in [0.25, 0.3) is 0 Å². The minimum Gasteiger partial charge on any atom is -0.480 e. The molecule has 0 aromatic carbocycles. The van der Waals surface area contributed by atoms with Crippen LogP contribution in [0.3, 0.4) is 0 Å². The number of aliphatic carboxylic acids is 1. The molecule has 5 N–H and O–H groups in total. The first kappa shape index (κ1) is 12.9. The molecular formula is C8H13N3O4. The van der Waals surface area contributed by atoms with E-state index in [4.69, 9.17) is 10.8 Å². The summed E-state index contributed by atoms with van der Waals surface area (Å²) < 4.78 is 0. The van der Waals surface area contributed by atoms with E-state index in [0.29, 0.717) is 0 Å². The van der Waals surface area contributed by atoms with Crippen LogP contribution in [-0.4, -0.2) is 35.6 Å². The van der Waals surface area contributed by atoms with Crippen molar-refractivity contribution in [3.05, 3.63) is 12.7 Å². The Balaban J connectivity index is 4.16. The summed E-state index contributed by atoms with van der Waals surface area (Å²) in [7, 11) is 0. The van der Waals surface area contributed by atoms with Gasteiger partial charge < -0.3 is 21.5 Å². The molecule has 7 heteroatoms. The third kappa shape index (κ3) is 6.08.